The molecule has 138 valence electrons. The van der Waals surface area contributed by atoms with Crippen LogP contribution in [0.3, 0.4) is 0 Å². The average Bonchev–Trinajstić information content (AvgIpc) is 2.59. The molecule has 0 atom stereocenters. The van der Waals surface area contributed by atoms with Crippen LogP contribution in [0.15, 0.2) is 36.4 Å². The van der Waals surface area contributed by atoms with Gasteiger partial charge >= 0.3 is 0 Å². The summed E-state index contributed by atoms with van der Waals surface area (Å²) in [5.41, 5.74) is 3.43. The highest BCUT2D eigenvalue weighted by atomic mass is 16.5. The number of rotatable bonds is 3. The number of benzene rings is 1. The average molecular weight is 353 g/mol. The number of aryl methyl sites for hydroxylation is 2. The van der Waals surface area contributed by atoms with E-state index in [0.717, 1.165) is 34.9 Å². The fourth-order valence-corrected chi connectivity index (χ4v) is 3.73. The molecule has 3 rings (SSSR count). The highest BCUT2D eigenvalue weighted by Gasteiger charge is 2.36. The lowest BCUT2D eigenvalue weighted by atomic mass is 9.97. The second kappa shape index (κ2) is 6.98. The first kappa shape index (κ1) is 18.2. The Balaban J connectivity index is 1.80. The van der Waals surface area contributed by atoms with Crippen molar-refractivity contribution in [3.05, 3.63) is 53.3 Å². The largest absolute Gasteiger partial charge is 0.497 e. The van der Waals surface area contributed by atoms with Crippen LogP contribution < -0.4 is 9.64 Å². The van der Waals surface area contributed by atoms with Gasteiger partial charge in [-0.2, -0.15) is 0 Å². The van der Waals surface area contributed by atoms with E-state index in [-0.39, 0.29) is 11.4 Å². The van der Waals surface area contributed by atoms with E-state index in [0.29, 0.717) is 13.1 Å². The highest BCUT2D eigenvalue weighted by Crippen LogP contribution is 2.30. The number of pyridine rings is 1. The molecule has 1 aromatic heterocycles. The predicted molar refractivity (Wildman–Crippen MR) is 104 cm³/mol. The van der Waals surface area contributed by atoms with Gasteiger partial charge in [0.15, 0.2) is 0 Å². The van der Waals surface area contributed by atoms with Crippen LogP contribution in [0.5, 0.6) is 5.75 Å². The first-order chi connectivity index (χ1) is 12.3. The predicted octanol–water partition coefficient (Wildman–Crippen LogP) is 3.45. The number of carbonyl (C=O) groups excluding carboxylic acids is 1. The zero-order valence-electron chi connectivity index (χ0n) is 16.2. The second-order valence-corrected chi connectivity index (χ2v) is 7.53. The minimum Gasteiger partial charge on any atom is -0.497 e. The van der Waals surface area contributed by atoms with Crippen LogP contribution in [-0.2, 0) is 0 Å². The number of hydrogen-bond acceptors (Lipinski definition) is 4. The fraction of sp³-hybridized carbons (Fsp3) is 0.429. The maximum absolute atomic E-state index is 13.0. The maximum Gasteiger partial charge on any atom is 0.254 e. The van der Waals surface area contributed by atoms with E-state index in [1.807, 2.05) is 43.0 Å². The molecule has 0 aliphatic carbocycles. The molecule has 1 aliphatic heterocycles. The van der Waals surface area contributed by atoms with Crippen LogP contribution in [-0.4, -0.2) is 48.1 Å². The molecular weight excluding hydrogens is 326 g/mol. The molecule has 1 saturated heterocycles. The van der Waals surface area contributed by atoms with Crippen molar-refractivity contribution in [1.29, 1.82) is 0 Å². The number of methoxy groups -OCH3 is 1. The van der Waals surface area contributed by atoms with Crippen LogP contribution >= 0.6 is 0 Å². The molecule has 1 aromatic carbocycles. The molecule has 0 bridgehead atoms. The molecule has 1 amide bonds. The zero-order chi connectivity index (χ0) is 18.9. The van der Waals surface area contributed by atoms with Crippen LogP contribution in [0, 0.1) is 13.8 Å². The topological polar surface area (TPSA) is 45.7 Å². The van der Waals surface area contributed by atoms with Crippen molar-refractivity contribution in [3.8, 4) is 5.75 Å². The lowest BCUT2D eigenvalue weighted by Gasteiger charge is -2.48. The minimum atomic E-state index is -0.169. The number of ether oxygens (including phenoxy) is 1. The normalized spacial score (nSPS) is 16.5. The molecular formula is C21H27N3O2. The lowest BCUT2D eigenvalue weighted by molar-refractivity contribution is 0.0685. The molecule has 26 heavy (non-hydrogen) atoms. The van der Waals surface area contributed by atoms with Gasteiger partial charge in [0.1, 0.15) is 5.75 Å². The fourth-order valence-electron chi connectivity index (χ4n) is 3.73. The van der Waals surface area contributed by atoms with Crippen molar-refractivity contribution in [3.63, 3.8) is 0 Å². The van der Waals surface area contributed by atoms with E-state index in [2.05, 4.69) is 35.9 Å². The van der Waals surface area contributed by atoms with Crippen molar-refractivity contribution in [1.82, 2.24) is 9.88 Å². The second-order valence-electron chi connectivity index (χ2n) is 7.53. The molecule has 0 N–H and O–H groups in total. The number of anilines is 1. The number of carbonyl (C=O) groups is 1. The van der Waals surface area contributed by atoms with Gasteiger partial charge < -0.3 is 14.5 Å². The maximum atomic E-state index is 13.0. The van der Waals surface area contributed by atoms with Crippen molar-refractivity contribution in [2.24, 2.45) is 0 Å². The summed E-state index contributed by atoms with van der Waals surface area (Å²) in [6.45, 7) is 10.4. The van der Waals surface area contributed by atoms with Gasteiger partial charge in [0.25, 0.3) is 5.91 Å². The van der Waals surface area contributed by atoms with E-state index < -0.39 is 0 Å². The Morgan fingerprint density at radius 1 is 1.12 bits per heavy atom. The van der Waals surface area contributed by atoms with Crippen molar-refractivity contribution < 1.29 is 9.53 Å². The van der Waals surface area contributed by atoms with E-state index >= 15 is 0 Å². The van der Waals surface area contributed by atoms with Gasteiger partial charge in [-0.1, -0.05) is 6.07 Å². The van der Waals surface area contributed by atoms with Crippen molar-refractivity contribution >= 4 is 11.6 Å². The Morgan fingerprint density at radius 3 is 2.42 bits per heavy atom. The third-order valence-electron chi connectivity index (χ3n) is 4.88. The summed E-state index contributed by atoms with van der Waals surface area (Å²) in [4.78, 5) is 21.7. The molecule has 5 heteroatoms. The van der Waals surface area contributed by atoms with Crippen LogP contribution in [0.25, 0.3) is 0 Å². The van der Waals surface area contributed by atoms with Crippen LogP contribution in [0.1, 0.15) is 35.6 Å². The Hall–Kier alpha value is -2.56. The van der Waals surface area contributed by atoms with E-state index in [1.165, 1.54) is 0 Å². The Labute approximate surface area is 155 Å². The molecule has 2 heterocycles. The number of hydrogen-bond donors (Lipinski definition) is 0. The number of piperazine rings is 1. The van der Waals surface area contributed by atoms with Gasteiger partial charge in [-0.25, -0.2) is 0 Å². The third-order valence-corrected chi connectivity index (χ3v) is 4.88. The molecule has 1 fully saturated rings. The summed E-state index contributed by atoms with van der Waals surface area (Å²) in [5.74, 6) is 0.927. The van der Waals surface area contributed by atoms with Crippen molar-refractivity contribution in [2.45, 2.75) is 33.2 Å². The van der Waals surface area contributed by atoms with Gasteiger partial charge in [-0.15, -0.1) is 0 Å². The summed E-state index contributed by atoms with van der Waals surface area (Å²) in [6.07, 6.45) is 0. The van der Waals surface area contributed by atoms with Gasteiger partial charge in [0, 0.05) is 48.3 Å². The van der Waals surface area contributed by atoms with E-state index in [9.17, 15) is 4.79 Å². The monoisotopic (exact) mass is 353 g/mol. The van der Waals surface area contributed by atoms with Crippen molar-refractivity contribution in [2.75, 3.05) is 31.6 Å². The zero-order valence-corrected chi connectivity index (χ0v) is 16.2. The highest BCUT2D eigenvalue weighted by molar-refractivity contribution is 5.94. The Morgan fingerprint density at radius 2 is 1.81 bits per heavy atom. The molecule has 0 saturated carbocycles. The van der Waals surface area contributed by atoms with E-state index in [4.69, 9.17) is 4.74 Å². The summed E-state index contributed by atoms with van der Waals surface area (Å²) in [5, 5.41) is 0. The third kappa shape index (κ3) is 3.66. The standard InChI is InChI=1S/C21H27N3O2/c1-15-11-17(12-16(2)22-15)20(25)23-9-10-24(21(3,4)14-23)18-7-6-8-19(13-18)26-5/h6-8,11-13H,9-10,14H2,1-5H3. The molecule has 2 aromatic rings. The van der Waals surface area contributed by atoms with Gasteiger partial charge in [0.05, 0.1) is 12.6 Å². The minimum absolute atomic E-state index is 0.0805. The first-order valence-corrected chi connectivity index (χ1v) is 8.96. The lowest BCUT2D eigenvalue weighted by Crippen LogP contribution is -2.60. The smallest absolute Gasteiger partial charge is 0.254 e. The molecule has 5 nitrogen and oxygen atoms in total. The van der Waals surface area contributed by atoms with Crippen LogP contribution in [0.4, 0.5) is 5.69 Å². The van der Waals surface area contributed by atoms with E-state index in [1.54, 1.807) is 7.11 Å². The Kier molecular flexibility index (Phi) is 4.90. The first-order valence-electron chi connectivity index (χ1n) is 8.96. The van der Waals surface area contributed by atoms with Gasteiger partial charge in [-0.3, -0.25) is 9.78 Å². The Bertz CT molecular complexity index is 796. The molecule has 0 unspecified atom stereocenters. The molecule has 0 radical (unpaired) electrons. The van der Waals surface area contributed by atoms with Gasteiger partial charge in [-0.05, 0) is 52.0 Å². The summed E-state index contributed by atoms with van der Waals surface area (Å²) in [7, 11) is 1.68. The molecule has 1 aliphatic rings. The number of aromatic nitrogens is 1. The molecule has 0 spiro atoms. The summed E-state index contributed by atoms with van der Waals surface area (Å²) >= 11 is 0. The number of amides is 1. The SMILES string of the molecule is COc1cccc(N2CCN(C(=O)c3cc(C)nc(C)c3)CC2(C)C)c1. The van der Waals surface area contributed by atoms with Gasteiger partial charge in [0.2, 0.25) is 0 Å². The summed E-state index contributed by atoms with van der Waals surface area (Å²) in [6, 6.07) is 11.8. The quantitative estimate of drug-likeness (QED) is 0.848. The van der Waals surface area contributed by atoms with Crippen LogP contribution in [0.2, 0.25) is 0 Å². The summed E-state index contributed by atoms with van der Waals surface area (Å²) < 4.78 is 5.36. The number of nitrogens with zero attached hydrogens (tertiary/aromatic N) is 3.